The van der Waals surface area contributed by atoms with Crippen LogP contribution in [0.1, 0.15) is 15.9 Å². The number of hydrogen-bond donors (Lipinski definition) is 0. The molecule has 0 radical (unpaired) electrons. The lowest BCUT2D eigenvalue weighted by Crippen LogP contribution is -2.11. The molecule has 0 unspecified atom stereocenters. The zero-order chi connectivity index (χ0) is 13.7. The minimum absolute atomic E-state index is 0.111. The molecule has 2 aromatic rings. The van der Waals surface area contributed by atoms with Crippen LogP contribution in [-0.2, 0) is 0 Å². The van der Waals surface area contributed by atoms with Gasteiger partial charge in [-0.25, -0.2) is 0 Å². The van der Waals surface area contributed by atoms with E-state index in [4.69, 9.17) is 21.6 Å². The molecule has 0 bridgehead atoms. The van der Waals surface area contributed by atoms with Gasteiger partial charge in [0, 0.05) is 10.6 Å². The number of ether oxygens (including phenoxy) is 1. The van der Waals surface area contributed by atoms with E-state index in [-0.39, 0.29) is 12.4 Å². The third kappa shape index (κ3) is 3.34. The van der Waals surface area contributed by atoms with E-state index in [1.54, 1.807) is 36.4 Å². The lowest BCUT2D eigenvalue weighted by Gasteiger charge is -2.07. The lowest BCUT2D eigenvalue weighted by atomic mass is 10.1. The Balaban J connectivity index is 2.08. The van der Waals surface area contributed by atoms with E-state index in [1.165, 1.54) is 6.07 Å². The van der Waals surface area contributed by atoms with Gasteiger partial charge in [0.05, 0.1) is 5.56 Å². The molecule has 0 aromatic heterocycles. The first kappa shape index (κ1) is 13.1. The second-order valence-corrected chi connectivity index (χ2v) is 4.27. The molecular formula is C15H10ClNO2. The molecule has 0 heterocycles. The van der Waals surface area contributed by atoms with E-state index in [9.17, 15) is 4.79 Å². The van der Waals surface area contributed by atoms with Gasteiger partial charge in [-0.2, -0.15) is 5.26 Å². The van der Waals surface area contributed by atoms with Gasteiger partial charge < -0.3 is 4.74 Å². The van der Waals surface area contributed by atoms with Gasteiger partial charge in [0.2, 0.25) is 0 Å². The van der Waals surface area contributed by atoms with Crippen molar-refractivity contribution in [2.75, 3.05) is 6.61 Å². The maximum atomic E-state index is 11.9. The number of rotatable bonds is 4. The number of benzene rings is 2. The van der Waals surface area contributed by atoms with Crippen LogP contribution in [0.15, 0.2) is 48.5 Å². The highest BCUT2D eigenvalue weighted by atomic mass is 35.5. The number of carbonyl (C=O) groups excluding carboxylic acids is 1. The van der Waals surface area contributed by atoms with Gasteiger partial charge in [0.1, 0.15) is 11.8 Å². The predicted octanol–water partition coefficient (Wildman–Crippen LogP) is 3.47. The molecule has 4 heteroatoms. The first-order chi connectivity index (χ1) is 9.20. The van der Waals surface area contributed by atoms with E-state index in [0.29, 0.717) is 21.9 Å². The van der Waals surface area contributed by atoms with Gasteiger partial charge >= 0.3 is 0 Å². The first-order valence-corrected chi connectivity index (χ1v) is 5.99. The Morgan fingerprint density at radius 3 is 2.63 bits per heavy atom. The van der Waals surface area contributed by atoms with Crippen molar-refractivity contribution in [3.63, 3.8) is 0 Å². The van der Waals surface area contributed by atoms with Gasteiger partial charge in [-0.05, 0) is 18.2 Å². The number of halogens is 1. The average Bonchev–Trinajstić information content (AvgIpc) is 2.46. The van der Waals surface area contributed by atoms with E-state index >= 15 is 0 Å². The van der Waals surface area contributed by atoms with Gasteiger partial charge in [0.25, 0.3) is 0 Å². The number of hydrogen-bond acceptors (Lipinski definition) is 3. The molecule has 0 aliphatic heterocycles. The molecule has 0 N–H and O–H groups in total. The third-order valence-electron chi connectivity index (χ3n) is 2.52. The minimum atomic E-state index is -0.139. The van der Waals surface area contributed by atoms with E-state index < -0.39 is 0 Å². The van der Waals surface area contributed by atoms with Crippen LogP contribution in [-0.4, -0.2) is 12.4 Å². The monoisotopic (exact) mass is 271 g/mol. The van der Waals surface area contributed by atoms with E-state index in [0.717, 1.165) is 0 Å². The van der Waals surface area contributed by atoms with Crippen molar-refractivity contribution in [2.45, 2.75) is 0 Å². The molecule has 2 aromatic carbocycles. The van der Waals surface area contributed by atoms with Crippen LogP contribution in [0.25, 0.3) is 0 Å². The summed E-state index contributed by atoms with van der Waals surface area (Å²) in [5.74, 6) is 0.218. The van der Waals surface area contributed by atoms with Crippen molar-refractivity contribution >= 4 is 17.4 Å². The van der Waals surface area contributed by atoms with Crippen LogP contribution in [0, 0.1) is 11.3 Å². The molecular weight excluding hydrogens is 262 g/mol. The normalized spacial score (nSPS) is 9.68. The number of ketones is 1. The highest BCUT2D eigenvalue weighted by Gasteiger charge is 2.09. The Morgan fingerprint density at radius 2 is 1.95 bits per heavy atom. The molecule has 3 nitrogen and oxygen atoms in total. The summed E-state index contributed by atoms with van der Waals surface area (Å²) in [5, 5.41) is 9.41. The quantitative estimate of drug-likeness (QED) is 0.800. The van der Waals surface area contributed by atoms with Crippen molar-refractivity contribution in [3.8, 4) is 11.8 Å². The molecule has 2 rings (SSSR count). The van der Waals surface area contributed by atoms with Crippen molar-refractivity contribution < 1.29 is 9.53 Å². The summed E-state index contributed by atoms with van der Waals surface area (Å²) in [6.45, 7) is -0.111. The molecule has 0 aliphatic rings. The van der Waals surface area contributed by atoms with Crippen LogP contribution in [0.2, 0.25) is 5.02 Å². The average molecular weight is 272 g/mol. The highest BCUT2D eigenvalue weighted by Crippen LogP contribution is 2.22. The molecule has 0 atom stereocenters. The lowest BCUT2D eigenvalue weighted by molar-refractivity contribution is 0.0921. The fourth-order valence-corrected chi connectivity index (χ4v) is 1.74. The smallest absolute Gasteiger partial charge is 0.200 e. The standard InChI is InChI=1S/C15H10ClNO2/c16-13-6-7-15(12(8-13)9-17)19-10-14(18)11-4-2-1-3-5-11/h1-8H,10H2. The number of nitrogens with zero attached hydrogens (tertiary/aromatic N) is 1. The Morgan fingerprint density at radius 1 is 1.21 bits per heavy atom. The van der Waals surface area contributed by atoms with Gasteiger partial charge in [-0.15, -0.1) is 0 Å². The van der Waals surface area contributed by atoms with Crippen molar-refractivity contribution in [1.29, 1.82) is 5.26 Å². The molecule has 94 valence electrons. The zero-order valence-corrected chi connectivity index (χ0v) is 10.7. The maximum absolute atomic E-state index is 11.9. The van der Waals surface area contributed by atoms with Crippen LogP contribution >= 0.6 is 11.6 Å². The van der Waals surface area contributed by atoms with Crippen LogP contribution in [0.3, 0.4) is 0 Å². The molecule has 0 saturated heterocycles. The SMILES string of the molecule is N#Cc1cc(Cl)ccc1OCC(=O)c1ccccc1. The van der Waals surface area contributed by atoms with Gasteiger partial charge in [-0.3, -0.25) is 4.79 Å². The second kappa shape index (κ2) is 6.03. The Hall–Kier alpha value is -2.31. The van der Waals surface area contributed by atoms with Crippen molar-refractivity contribution in [3.05, 3.63) is 64.7 Å². The number of Topliss-reactive ketones (excluding diaryl/α,β-unsaturated/α-hetero) is 1. The fourth-order valence-electron chi connectivity index (χ4n) is 1.57. The first-order valence-electron chi connectivity index (χ1n) is 5.61. The summed E-state index contributed by atoms with van der Waals surface area (Å²) in [7, 11) is 0. The third-order valence-corrected chi connectivity index (χ3v) is 2.75. The van der Waals surface area contributed by atoms with Gasteiger partial charge in [-0.1, -0.05) is 41.9 Å². The van der Waals surface area contributed by atoms with Crippen molar-refractivity contribution in [1.82, 2.24) is 0 Å². The van der Waals surface area contributed by atoms with Crippen LogP contribution in [0.4, 0.5) is 0 Å². The largest absolute Gasteiger partial charge is 0.484 e. The summed E-state index contributed by atoms with van der Waals surface area (Å²) in [4.78, 5) is 11.9. The summed E-state index contributed by atoms with van der Waals surface area (Å²) < 4.78 is 5.37. The summed E-state index contributed by atoms with van der Waals surface area (Å²) in [6, 6.07) is 15.5. The van der Waals surface area contributed by atoms with Crippen LogP contribution < -0.4 is 4.74 Å². The molecule has 0 saturated carbocycles. The number of carbonyl (C=O) groups is 1. The maximum Gasteiger partial charge on any atom is 0.200 e. The fraction of sp³-hybridized carbons (Fsp3) is 0.0667. The number of nitriles is 1. The zero-order valence-electron chi connectivity index (χ0n) is 9.97. The van der Waals surface area contributed by atoms with Crippen LogP contribution in [0.5, 0.6) is 5.75 Å². The highest BCUT2D eigenvalue weighted by molar-refractivity contribution is 6.30. The Kier molecular flexibility index (Phi) is 4.17. The summed E-state index contributed by atoms with van der Waals surface area (Å²) in [6.07, 6.45) is 0. The van der Waals surface area contributed by atoms with Crippen molar-refractivity contribution in [2.24, 2.45) is 0 Å². The summed E-state index contributed by atoms with van der Waals surface area (Å²) >= 11 is 5.78. The summed E-state index contributed by atoms with van der Waals surface area (Å²) in [5.41, 5.74) is 0.892. The second-order valence-electron chi connectivity index (χ2n) is 3.83. The van der Waals surface area contributed by atoms with Gasteiger partial charge in [0.15, 0.2) is 12.4 Å². The molecule has 0 amide bonds. The topological polar surface area (TPSA) is 50.1 Å². The molecule has 0 fully saturated rings. The van der Waals surface area contributed by atoms with E-state index in [2.05, 4.69) is 0 Å². The molecule has 19 heavy (non-hydrogen) atoms. The molecule has 0 spiro atoms. The predicted molar refractivity (Wildman–Crippen MR) is 72.4 cm³/mol. The molecule has 0 aliphatic carbocycles. The van der Waals surface area contributed by atoms with E-state index in [1.807, 2.05) is 12.1 Å². The minimum Gasteiger partial charge on any atom is -0.484 e. The Labute approximate surface area is 116 Å². The Bertz CT molecular complexity index is 632.